The van der Waals surface area contributed by atoms with Gasteiger partial charge in [-0.25, -0.2) is 0 Å². The van der Waals surface area contributed by atoms with Gasteiger partial charge >= 0.3 is 0 Å². The van der Waals surface area contributed by atoms with Crippen molar-refractivity contribution in [2.75, 3.05) is 0 Å². The van der Waals surface area contributed by atoms with Gasteiger partial charge in [0, 0.05) is 11.8 Å². The Labute approximate surface area is 73.2 Å². The van der Waals surface area contributed by atoms with Crippen LogP contribution in [0.2, 0.25) is 0 Å². The lowest BCUT2D eigenvalue weighted by atomic mass is 9.77. The van der Waals surface area contributed by atoms with E-state index in [0.717, 1.165) is 5.57 Å². The van der Waals surface area contributed by atoms with E-state index in [4.69, 9.17) is 6.42 Å². The second kappa shape index (κ2) is 2.98. The molecule has 0 aromatic heterocycles. The summed E-state index contributed by atoms with van der Waals surface area (Å²) in [4.78, 5) is 11.0. The van der Waals surface area contributed by atoms with E-state index >= 15 is 0 Å². The molecular formula is C11H12O. The summed E-state index contributed by atoms with van der Waals surface area (Å²) in [5.41, 5.74) is 0.941. The van der Waals surface area contributed by atoms with Gasteiger partial charge in [0.2, 0.25) is 0 Å². The quantitative estimate of drug-likeness (QED) is 0.537. The first kappa shape index (κ1) is 8.80. The number of allylic oxidation sites excluding steroid dienone is 4. The highest BCUT2D eigenvalue weighted by Crippen LogP contribution is 2.34. The zero-order valence-electron chi connectivity index (χ0n) is 7.42. The number of ketones is 1. The van der Waals surface area contributed by atoms with Crippen LogP contribution < -0.4 is 0 Å². The molecule has 0 aromatic carbocycles. The predicted molar refractivity (Wildman–Crippen MR) is 49.5 cm³/mol. The monoisotopic (exact) mass is 160 g/mol. The van der Waals surface area contributed by atoms with Gasteiger partial charge in [0.1, 0.15) is 0 Å². The largest absolute Gasteiger partial charge is 0.290 e. The Morgan fingerprint density at radius 2 is 2.33 bits per heavy atom. The van der Waals surface area contributed by atoms with Gasteiger partial charge in [0.15, 0.2) is 5.78 Å². The molecule has 0 spiro atoms. The summed E-state index contributed by atoms with van der Waals surface area (Å²) in [5.74, 6) is 2.68. The third-order valence-electron chi connectivity index (χ3n) is 2.34. The van der Waals surface area contributed by atoms with E-state index in [9.17, 15) is 4.79 Å². The van der Waals surface area contributed by atoms with Gasteiger partial charge in [0.25, 0.3) is 0 Å². The lowest BCUT2D eigenvalue weighted by Gasteiger charge is -2.26. The molecule has 0 heterocycles. The Bertz CT molecular complexity index is 301. The molecular weight excluding hydrogens is 148 g/mol. The molecule has 0 amide bonds. The topological polar surface area (TPSA) is 17.1 Å². The molecule has 1 nitrogen and oxygen atoms in total. The Morgan fingerprint density at radius 3 is 2.83 bits per heavy atom. The summed E-state index contributed by atoms with van der Waals surface area (Å²) in [5, 5.41) is 0. The third kappa shape index (κ3) is 1.48. The molecule has 0 aliphatic heterocycles. The van der Waals surface area contributed by atoms with Crippen molar-refractivity contribution in [2.24, 2.45) is 5.41 Å². The van der Waals surface area contributed by atoms with E-state index in [1.807, 2.05) is 19.9 Å². The van der Waals surface area contributed by atoms with Crippen molar-refractivity contribution in [1.82, 2.24) is 0 Å². The lowest BCUT2D eigenvalue weighted by molar-refractivity contribution is -0.110. The van der Waals surface area contributed by atoms with Crippen molar-refractivity contribution in [3.05, 3.63) is 23.8 Å². The fourth-order valence-electron chi connectivity index (χ4n) is 1.23. The van der Waals surface area contributed by atoms with E-state index in [2.05, 4.69) is 5.92 Å². The lowest BCUT2D eigenvalue weighted by Crippen LogP contribution is -2.18. The minimum atomic E-state index is -0.108. The number of hydrogen-bond donors (Lipinski definition) is 0. The minimum absolute atomic E-state index is 0.0574. The Kier molecular flexibility index (Phi) is 2.19. The molecule has 1 aliphatic rings. The first-order valence-electron chi connectivity index (χ1n) is 3.94. The van der Waals surface area contributed by atoms with Crippen molar-refractivity contribution in [3.8, 4) is 12.3 Å². The highest BCUT2D eigenvalue weighted by Gasteiger charge is 2.25. The summed E-state index contributed by atoms with van der Waals surface area (Å²) < 4.78 is 0. The van der Waals surface area contributed by atoms with Gasteiger partial charge in [0.05, 0.1) is 0 Å². The van der Waals surface area contributed by atoms with Crippen molar-refractivity contribution in [3.63, 3.8) is 0 Å². The first-order chi connectivity index (χ1) is 5.58. The zero-order chi connectivity index (χ0) is 9.19. The molecule has 1 unspecified atom stereocenters. The molecule has 1 heteroatoms. The maximum Gasteiger partial charge on any atom is 0.178 e. The van der Waals surface area contributed by atoms with Crippen LogP contribution in [0.25, 0.3) is 0 Å². The summed E-state index contributed by atoms with van der Waals surface area (Å²) >= 11 is 0. The zero-order valence-corrected chi connectivity index (χ0v) is 7.42. The van der Waals surface area contributed by atoms with Crippen LogP contribution in [0.4, 0.5) is 0 Å². The molecule has 0 saturated carbocycles. The summed E-state index contributed by atoms with van der Waals surface area (Å²) in [7, 11) is 0. The van der Waals surface area contributed by atoms with Crippen LogP contribution in [-0.2, 0) is 4.79 Å². The minimum Gasteiger partial charge on any atom is -0.290 e. The smallest absolute Gasteiger partial charge is 0.178 e. The third-order valence-corrected chi connectivity index (χ3v) is 2.34. The van der Waals surface area contributed by atoms with Gasteiger partial charge < -0.3 is 0 Å². The Morgan fingerprint density at radius 1 is 1.67 bits per heavy atom. The highest BCUT2D eigenvalue weighted by molar-refractivity contribution is 6.01. The molecule has 0 radical (unpaired) electrons. The van der Waals surface area contributed by atoms with Crippen LogP contribution >= 0.6 is 0 Å². The van der Waals surface area contributed by atoms with Crippen molar-refractivity contribution < 1.29 is 4.79 Å². The molecule has 12 heavy (non-hydrogen) atoms. The maximum absolute atomic E-state index is 11.0. The van der Waals surface area contributed by atoms with Gasteiger partial charge in [-0.2, -0.15) is 0 Å². The van der Waals surface area contributed by atoms with Gasteiger partial charge in [-0.05, 0) is 19.1 Å². The number of terminal acetylenes is 1. The maximum atomic E-state index is 11.0. The molecule has 0 bridgehead atoms. The molecule has 62 valence electrons. The average molecular weight is 160 g/mol. The SMILES string of the molecule is C#CCC1(C)C=CC(=O)C=C1C. The first-order valence-corrected chi connectivity index (χ1v) is 3.94. The molecule has 1 atom stereocenters. The average Bonchev–Trinajstić information content (AvgIpc) is 1.99. The normalized spacial score (nSPS) is 28.1. The van der Waals surface area contributed by atoms with E-state index < -0.39 is 0 Å². The number of rotatable bonds is 1. The van der Waals surface area contributed by atoms with E-state index in [1.165, 1.54) is 0 Å². The fraction of sp³-hybridized carbons (Fsp3) is 0.364. The van der Waals surface area contributed by atoms with Crippen LogP contribution in [-0.4, -0.2) is 5.78 Å². The molecule has 0 aromatic rings. The van der Waals surface area contributed by atoms with Crippen LogP contribution in [0.1, 0.15) is 20.3 Å². The molecule has 0 fully saturated rings. The fourth-order valence-corrected chi connectivity index (χ4v) is 1.23. The van der Waals surface area contributed by atoms with Crippen LogP contribution in [0, 0.1) is 17.8 Å². The van der Waals surface area contributed by atoms with E-state index in [1.54, 1.807) is 12.2 Å². The van der Waals surface area contributed by atoms with Crippen LogP contribution in [0.15, 0.2) is 23.8 Å². The number of carbonyl (C=O) groups is 1. The molecule has 1 aliphatic carbocycles. The number of carbonyl (C=O) groups excluding carboxylic acids is 1. The van der Waals surface area contributed by atoms with Crippen LogP contribution in [0.5, 0.6) is 0 Å². The van der Waals surface area contributed by atoms with Gasteiger partial charge in [-0.1, -0.05) is 18.6 Å². The summed E-state index contributed by atoms with van der Waals surface area (Å²) in [6, 6.07) is 0. The van der Waals surface area contributed by atoms with E-state index in [0.29, 0.717) is 6.42 Å². The molecule has 0 saturated heterocycles. The van der Waals surface area contributed by atoms with E-state index in [-0.39, 0.29) is 11.2 Å². The second-order valence-electron chi connectivity index (χ2n) is 3.36. The van der Waals surface area contributed by atoms with Crippen LogP contribution in [0.3, 0.4) is 0 Å². The highest BCUT2D eigenvalue weighted by atomic mass is 16.1. The van der Waals surface area contributed by atoms with Crippen molar-refractivity contribution in [1.29, 1.82) is 0 Å². The summed E-state index contributed by atoms with van der Waals surface area (Å²) in [6.45, 7) is 3.99. The second-order valence-corrected chi connectivity index (χ2v) is 3.36. The van der Waals surface area contributed by atoms with Gasteiger partial charge in [-0.15, -0.1) is 12.3 Å². The standard InChI is InChI=1S/C11H12O/c1-4-6-11(3)7-5-10(12)8-9(11)2/h1,5,7-8H,6H2,2-3H3. The molecule has 0 N–H and O–H groups in total. The van der Waals surface area contributed by atoms with Crippen molar-refractivity contribution in [2.45, 2.75) is 20.3 Å². The predicted octanol–water partition coefficient (Wildman–Crippen LogP) is 2.10. The Balaban J connectivity index is 2.96. The van der Waals surface area contributed by atoms with Crippen molar-refractivity contribution >= 4 is 5.78 Å². The molecule has 1 rings (SSSR count). The summed E-state index contributed by atoms with van der Waals surface area (Å²) in [6.07, 6.45) is 11.0. The van der Waals surface area contributed by atoms with Gasteiger partial charge in [-0.3, -0.25) is 4.79 Å². The number of hydrogen-bond acceptors (Lipinski definition) is 1. The Hall–Kier alpha value is -1.29.